The molecule has 3 rings (SSSR count). The largest absolute Gasteiger partial charge is 1.00 e. The molecule has 0 aliphatic heterocycles. The number of nitrogens with one attached hydrogen (secondary N) is 1. The van der Waals surface area contributed by atoms with Crippen molar-refractivity contribution in [2.75, 3.05) is 0 Å². The van der Waals surface area contributed by atoms with Crippen LogP contribution in [0.4, 0.5) is 0 Å². The van der Waals surface area contributed by atoms with E-state index in [4.69, 9.17) is 5.11 Å². The summed E-state index contributed by atoms with van der Waals surface area (Å²) in [5.74, 6) is -1.89. The zero-order valence-electron chi connectivity index (χ0n) is 13.4. The van der Waals surface area contributed by atoms with Crippen molar-refractivity contribution in [2.24, 2.45) is 0 Å². The molecule has 0 unspecified atom stereocenters. The van der Waals surface area contributed by atoms with Crippen LogP contribution in [-0.4, -0.2) is 50.0 Å². The standard InChI is InChI=1S/C16H6N2O8.Na/c19-3-7-5-1-9(15(23)24)17-12(5)11-6(14(21)22)2-10(16(25)26)18-13(11)8(7)4-20;/h1-2,17H,(H,21,22)(H,23,24)(H,25,26);/q;+1/p-1. The van der Waals surface area contributed by atoms with Gasteiger partial charge in [0, 0.05) is 10.8 Å². The summed E-state index contributed by atoms with van der Waals surface area (Å²) in [4.78, 5) is 62.7. The number of carboxylic acid groups (broad SMARTS) is 3. The summed E-state index contributed by atoms with van der Waals surface area (Å²) in [6.07, 6.45) is 0. The second-order valence-electron chi connectivity index (χ2n) is 5.10. The minimum atomic E-state index is -1.64. The van der Waals surface area contributed by atoms with E-state index >= 15 is 0 Å². The van der Waals surface area contributed by atoms with Crippen molar-refractivity contribution >= 4 is 51.6 Å². The second-order valence-corrected chi connectivity index (χ2v) is 5.10. The van der Waals surface area contributed by atoms with Gasteiger partial charge in [0.05, 0.1) is 33.5 Å². The Morgan fingerprint density at radius 2 is 1.67 bits per heavy atom. The Labute approximate surface area is 169 Å². The molecule has 0 saturated carbocycles. The molecule has 0 bridgehead atoms. The molecule has 2 aromatic heterocycles. The molecule has 1 aromatic carbocycles. The SMILES string of the molecule is O=C=c1c(=C=O)c2nc(C(=O)O)cc(C(=O)O)c2c2[nH]c(C(=O)[O-])cc12.[Na+]. The molecule has 10 nitrogen and oxygen atoms in total. The molecule has 27 heavy (non-hydrogen) atoms. The molecular formula is C16H5N2NaO8. The molecule has 0 aliphatic carbocycles. The fourth-order valence-corrected chi connectivity index (χ4v) is 2.67. The van der Waals surface area contributed by atoms with Gasteiger partial charge in [0.2, 0.25) is 0 Å². The van der Waals surface area contributed by atoms with E-state index < -0.39 is 50.8 Å². The van der Waals surface area contributed by atoms with Gasteiger partial charge in [-0.15, -0.1) is 0 Å². The summed E-state index contributed by atoms with van der Waals surface area (Å²) in [7, 11) is 0. The van der Waals surface area contributed by atoms with E-state index in [0.717, 1.165) is 12.1 Å². The number of H-pyrrole nitrogens is 1. The van der Waals surface area contributed by atoms with Gasteiger partial charge in [-0.25, -0.2) is 24.2 Å². The quantitative estimate of drug-likeness (QED) is 0.376. The van der Waals surface area contributed by atoms with Gasteiger partial charge in [-0.05, 0) is 12.1 Å². The van der Waals surface area contributed by atoms with Crippen molar-refractivity contribution < 1.29 is 68.8 Å². The Morgan fingerprint density at radius 3 is 2.15 bits per heavy atom. The Balaban J connectivity index is 0.00000261. The van der Waals surface area contributed by atoms with Crippen molar-refractivity contribution in [2.45, 2.75) is 0 Å². The number of carbonyl (C=O) groups excluding carboxylic acids is 3. The normalized spacial score (nSPS) is 10.1. The number of aromatic carboxylic acids is 3. The second kappa shape index (κ2) is 7.16. The number of benzene rings is 1. The molecule has 0 atom stereocenters. The average Bonchev–Trinajstić information content (AvgIpc) is 3.04. The van der Waals surface area contributed by atoms with E-state index in [2.05, 4.69) is 9.97 Å². The van der Waals surface area contributed by atoms with Gasteiger partial charge in [0.1, 0.15) is 22.8 Å². The molecule has 3 N–H and O–H groups in total. The number of nitrogens with zero attached hydrogens (tertiary/aromatic N) is 1. The number of aromatic amines is 1. The third-order valence-electron chi connectivity index (χ3n) is 3.72. The first kappa shape index (κ1) is 20.1. The van der Waals surface area contributed by atoms with Gasteiger partial charge in [-0.3, -0.25) is 0 Å². The van der Waals surface area contributed by atoms with Crippen LogP contribution in [0.15, 0.2) is 12.1 Å². The molecule has 0 saturated heterocycles. The number of carbonyl (C=O) groups is 3. The van der Waals surface area contributed by atoms with Crippen LogP contribution < -0.4 is 45.1 Å². The molecule has 2 heterocycles. The van der Waals surface area contributed by atoms with Crippen molar-refractivity contribution in [1.29, 1.82) is 0 Å². The van der Waals surface area contributed by atoms with E-state index in [1.54, 1.807) is 0 Å². The maximum atomic E-state index is 11.6. The van der Waals surface area contributed by atoms with E-state index in [0.29, 0.717) is 0 Å². The third kappa shape index (κ3) is 3.04. The number of rotatable bonds is 3. The fraction of sp³-hybridized carbons (Fsp3) is 0. The Hall–Kier alpha value is -3.26. The predicted octanol–water partition coefficient (Wildman–Crippen LogP) is -5.51. The van der Waals surface area contributed by atoms with Crippen LogP contribution in [0.5, 0.6) is 0 Å². The van der Waals surface area contributed by atoms with Gasteiger partial charge < -0.3 is 25.1 Å². The summed E-state index contributed by atoms with van der Waals surface area (Å²) >= 11 is 0. The number of fused-ring (bicyclic) bond motifs is 3. The molecule has 0 radical (unpaired) electrons. The van der Waals surface area contributed by atoms with Crippen LogP contribution in [0.1, 0.15) is 31.3 Å². The summed E-state index contributed by atoms with van der Waals surface area (Å²) in [6.45, 7) is 0. The molecule has 0 aliphatic rings. The van der Waals surface area contributed by atoms with E-state index in [9.17, 15) is 34.2 Å². The Morgan fingerprint density at radius 1 is 1.04 bits per heavy atom. The van der Waals surface area contributed by atoms with Crippen LogP contribution in [-0.2, 0) is 9.59 Å². The minimum absolute atomic E-state index is 0. The van der Waals surface area contributed by atoms with Gasteiger partial charge in [0.25, 0.3) is 0 Å². The summed E-state index contributed by atoms with van der Waals surface area (Å²) in [6, 6.07) is 1.73. The van der Waals surface area contributed by atoms with Gasteiger partial charge in [-0.1, -0.05) is 0 Å². The van der Waals surface area contributed by atoms with Crippen LogP contribution in [0.25, 0.3) is 21.8 Å². The van der Waals surface area contributed by atoms with Crippen LogP contribution in [0.3, 0.4) is 0 Å². The van der Waals surface area contributed by atoms with Gasteiger partial charge in [0.15, 0.2) is 0 Å². The monoisotopic (exact) mass is 376 g/mol. The zero-order chi connectivity index (χ0) is 19.2. The van der Waals surface area contributed by atoms with Crippen molar-refractivity contribution in [3.8, 4) is 0 Å². The van der Waals surface area contributed by atoms with Gasteiger partial charge in [-0.2, -0.15) is 0 Å². The molecule has 11 heteroatoms. The van der Waals surface area contributed by atoms with Crippen LogP contribution in [0, 0.1) is 0 Å². The van der Waals surface area contributed by atoms with E-state index in [1.165, 1.54) is 11.9 Å². The molecule has 0 fully saturated rings. The van der Waals surface area contributed by atoms with E-state index in [-0.39, 0.29) is 45.8 Å². The molecule has 3 aromatic rings. The predicted molar refractivity (Wildman–Crippen MR) is 80.7 cm³/mol. The van der Waals surface area contributed by atoms with Crippen molar-refractivity contribution in [3.63, 3.8) is 0 Å². The maximum absolute atomic E-state index is 11.6. The summed E-state index contributed by atoms with van der Waals surface area (Å²) < 4.78 is 0. The van der Waals surface area contributed by atoms with Crippen molar-refractivity contribution in [3.05, 3.63) is 39.5 Å². The van der Waals surface area contributed by atoms with E-state index in [1.807, 2.05) is 0 Å². The zero-order valence-corrected chi connectivity index (χ0v) is 15.4. The first-order valence-electron chi connectivity index (χ1n) is 6.77. The number of pyridine rings is 1. The average molecular weight is 376 g/mol. The summed E-state index contributed by atoms with van der Waals surface area (Å²) in [5.41, 5.74) is -2.31. The molecule has 128 valence electrons. The number of aromatic nitrogens is 2. The smallest absolute Gasteiger partial charge is 0.543 e. The van der Waals surface area contributed by atoms with Crippen molar-refractivity contribution in [1.82, 2.24) is 9.97 Å². The Kier molecular flexibility index (Phi) is 5.32. The van der Waals surface area contributed by atoms with Crippen LogP contribution in [0.2, 0.25) is 0 Å². The minimum Gasteiger partial charge on any atom is -0.543 e. The Bertz CT molecular complexity index is 1330. The number of hydrogen-bond acceptors (Lipinski definition) is 7. The molecule has 0 amide bonds. The van der Waals surface area contributed by atoms with Crippen LogP contribution >= 0.6 is 0 Å². The fourth-order valence-electron chi connectivity index (χ4n) is 2.67. The number of hydrogen-bond donors (Lipinski definition) is 3. The molecule has 0 spiro atoms. The summed E-state index contributed by atoms with van der Waals surface area (Å²) in [5, 5.41) is 28.3. The molecular weight excluding hydrogens is 371 g/mol. The van der Waals surface area contributed by atoms with Gasteiger partial charge >= 0.3 is 41.5 Å². The third-order valence-corrected chi connectivity index (χ3v) is 3.72. The number of carboxylic acids is 3. The first-order chi connectivity index (χ1) is 12.3. The maximum Gasteiger partial charge on any atom is 1.00 e. The first-order valence-corrected chi connectivity index (χ1v) is 6.77. The topological polar surface area (TPSA) is 178 Å².